The van der Waals surface area contributed by atoms with Crippen LogP contribution in [0.15, 0.2) is 53.4 Å². The van der Waals surface area contributed by atoms with Gasteiger partial charge in [-0.25, -0.2) is 0 Å². The van der Waals surface area contributed by atoms with E-state index in [-0.39, 0.29) is 11.0 Å². The van der Waals surface area contributed by atoms with Crippen LogP contribution in [0.4, 0.5) is 0 Å². The Balaban J connectivity index is 2.04. The van der Waals surface area contributed by atoms with Crippen molar-refractivity contribution in [3.8, 4) is 5.75 Å². The fraction of sp³-hybridized carbons (Fsp3) is 0.235. The van der Waals surface area contributed by atoms with Gasteiger partial charge in [-0.2, -0.15) is 0 Å². The standard InChI is InChI=1S/C17H18O2S/c1-12-4-6-14(7-5-12)17(18)13(2)20-16-10-8-15(19-3)9-11-16/h4-11,13H,1-3H3. The van der Waals surface area contributed by atoms with Gasteiger partial charge in [-0.15, -0.1) is 11.8 Å². The zero-order valence-corrected chi connectivity index (χ0v) is 12.7. The van der Waals surface area contributed by atoms with Crippen molar-refractivity contribution in [3.63, 3.8) is 0 Å². The zero-order valence-electron chi connectivity index (χ0n) is 11.9. The highest BCUT2D eigenvalue weighted by Gasteiger charge is 2.16. The van der Waals surface area contributed by atoms with Gasteiger partial charge in [0.05, 0.1) is 12.4 Å². The van der Waals surface area contributed by atoms with Gasteiger partial charge in [0.2, 0.25) is 0 Å². The molecule has 0 amide bonds. The number of carbonyl (C=O) groups excluding carboxylic acids is 1. The van der Waals surface area contributed by atoms with Crippen molar-refractivity contribution in [2.24, 2.45) is 0 Å². The lowest BCUT2D eigenvalue weighted by molar-refractivity contribution is 0.0994. The van der Waals surface area contributed by atoms with Crippen LogP contribution in [0.1, 0.15) is 22.8 Å². The molecule has 0 aliphatic carbocycles. The summed E-state index contributed by atoms with van der Waals surface area (Å²) < 4.78 is 5.13. The summed E-state index contributed by atoms with van der Waals surface area (Å²) in [5.41, 5.74) is 1.93. The average Bonchev–Trinajstić information content (AvgIpc) is 2.48. The van der Waals surface area contributed by atoms with Crippen LogP contribution in [-0.4, -0.2) is 18.1 Å². The van der Waals surface area contributed by atoms with Gasteiger partial charge < -0.3 is 4.74 Å². The maximum Gasteiger partial charge on any atom is 0.175 e. The molecule has 2 aromatic rings. The van der Waals surface area contributed by atoms with Gasteiger partial charge in [-0.05, 0) is 38.1 Å². The van der Waals surface area contributed by atoms with Crippen LogP contribution in [-0.2, 0) is 0 Å². The molecule has 2 aromatic carbocycles. The second-order valence-electron chi connectivity index (χ2n) is 4.67. The van der Waals surface area contributed by atoms with Crippen molar-refractivity contribution in [1.29, 1.82) is 0 Å². The maximum absolute atomic E-state index is 12.3. The van der Waals surface area contributed by atoms with Gasteiger partial charge in [-0.3, -0.25) is 4.79 Å². The van der Waals surface area contributed by atoms with E-state index in [9.17, 15) is 4.79 Å². The van der Waals surface area contributed by atoms with E-state index < -0.39 is 0 Å². The molecule has 0 saturated carbocycles. The number of hydrogen-bond donors (Lipinski definition) is 0. The van der Waals surface area contributed by atoms with Crippen LogP contribution in [0.5, 0.6) is 5.75 Å². The molecule has 0 spiro atoms. The molecule has 0 heterocycles. The summed E-state index contributed by atoms with van der Waals surface area (Å²) in [6.45, 7) is 3.96. The predicted molar refractivity (Wildman–Crippen MR) is 83.8 cm³/mol. The van der Waals surface area contributed by atoms with Crippen LogP contribution >= 0.6 is 11.8 Å². The number of benzene rings is 2. The molecule has 3 heteroatoms. The predicted octanol–water partition coefficient (Wildman–Crippen LogP) is 4.37. The molecule has 104 valence electrons. The SMILES string of the molecule is COc1ccc(SC(C)C(=O)c2ccc(C)cc2)cc1. The molecule has 0 bridgehead atoms. The first-order valence-electron chi connectivity index (χ1n) is 6.52. The Kier molecular flexibility index (Phi) is 4.85. The van der Waals surface area contributed by atoms with Crippen molar-refractivity contribution in [2.75, 3.05) is 7.11 Å². The van der Waals surface area contributed by atoms with Crippen LogP contribution < -0.4 is 4.74 Å². The maximum atomic E-state index is 12.3. The minimum Gasteiger partial charge on any atom is -0.497 e. The van der Waals surface area contributed by atoms with Crippen LogP contribution in [0.25, 0.3) is 0 Å². The Morgan fingerprint density at radius 1 is 1.05 bits per heavy atom. The number of methoxy groups -OCH3 is 1. The second kappa shape index (κ2) is 6.62. The Morgan fingerprint density at radius 3 is 2.20 bits per heavy atom. The molecule has 0 saturated heterocycles. The highest BCUT2D eigenvalue weighted by Crippen LogP contribution is 2.27. The highest BCUT2D eigenvalue weighted by atomic mass is 32.2. The molecule has 0 aliphatic heterocycles. The Labute approximate surface area is 124 Å². The summed E-state index contributed by atoms with van der Waals surface area (Å²) in [7, 11) is 1.64. The third kappa shape index (κ3) is 3.64. The van der Waals surface area contributed by atoms with Crippen molar-refractivity contribution in [1.82, 2.24) is 0 Å². The average molecular weight is 286 g/mol. The summed E-state index contributed by atoms with van der Waals surface area (Å²) >= 11 is 1.56. The molecular weight excluding hydrogens is 268 g/mol. The van der Waals surface area contributed by atoms with E-state index in [0.29, 0.717) is 0 Å². The summed E-state index contributed by atoms with van der Waals surface area (Å²) in [5.74, 6) is 0.984. The lowest BCUT2D eigenvalue weighted by Crippen LogP contribution is -2.13. The molecule has 2 nitrogen and oxygen atoms in total. The molecule has 2 rings (SSSR count). The number of aryl methyl sites for hydroxylation is 1. The first-order chi connectivity index (χ1) is 9.60. The molecule has 0 aliphatic rings. The van der Waals surface area contributed by atoms with Crippen LogP contribution in [0.3, 0.4) is 0 Å². The third-order valence-electron chi connectivity index (χ3n) is 3.08. The zero-order chi connectivity index (χ0) is 14.5. The van der Waals surface area contributed by atoms with Gasteiger partial charge in [-0.1, -0.05) is 29.8 Å². The normalized spacial score (nSPS) is 11.9. The summed E-state index contributed by atoms with van der Waals surface area (Å²) in [6, 6.07) is 15.5. The molecule has 20 heavy (non-hydrogen) atoms. The van der Waals surface area contributed by atoms with E-state index in [1.165, 1.54) is 0 Å². The molecule has 0 fully saturated rings. The van der Waals surface area contributed by atoms with Gasteiger partial charge >= 0.3 is 0 Å². The first-order valence-corrected chi connectivity index (χ1v) is 7.39. The van der Waals surface area contributed by atoms with E-state index in [4.69, 9.17) is 4.74 Å². The lowest BCUT2D eigenvalue weighted by Gasteiger charge is -2.11. The monoisotopic (exact) mass is 286 g/mol. The summed E-state index contributed by atoms with van der Waals surface area (Å²) in [6.07, 6.45) is 0. The number of Topliss-reactive ketones (excluding diaryl/α,β-unsaturated/α-hetero) is 1. The quantitative estimate of drug-likeness (QED) is 0.603. The van der Waals surface area contributed by atoms with Gasteiger partial charge in [0.15, 0.2) is 5.78 Å². The van der Waals surface area contributed by atoms with Crippen molar-refractivity contribution < 1.29 is 9.53 Å². The number of ether oxygens (including phenoxy) is 1. The number of hydrogen-bond acceptors (Lipinski definition) is 3. The number of thioether (sulfide) groups is 1. The fourth-order valence-corrected chi connectivity index (χ4v) is 2.81. The molecule has 0 radical (unpaired) electrons. The van der Waals surface area contributed by atoms with Crippen LogP contribution in [0.2, 0.25) is 0 Å². The van der Waals surface area contributed by atoms with E-state index in [0.717, 1.165) is 21.8 Å². The molecule has 1 unspecified atom stereocenters. The van der Waals surface area contributed by atoms with Crippen molar-refractivity contribution in [3.05, 3.63) is 59.7 Å². The highest BCUT2D eigenvalue weighted by molar-refractivity contribution is 8.00. The number of carbonyl (C=O) groups is 1. The summed E-state index contributed by atoms with van der Waals surface area (Å²) in [5, 5.41) is -0.105. The Hall–Kier alpha value is -1.74. The van der Waals surface area contributed by atoms with Gasteiger partial charge in [0, 0.05) is 10.5 Å². The lowest BCUT2D eigenvalue weighted by atomic mass is 10.1. The third-order valence-corrected chi connectivity index (χ3v) is 4.19. The Morgan fingerprint density at radius 2 is 1.65 bits per heavy atom. The van der Waals surface area contributed by atoms with Crippen molar-refractivity contribution in [2.45, 2.75) is 24.0 Å². The molecular formula is C17H18O2S. The Bertz CT molecular complexity index is 573. The number of ketones is 1. The van der Waals surface area contributed by atoms with E-state index in [1.54, 1.807) is 18.9 Å². The topological polar surface area (TPSA) is 26.3 Å². The van der Waals surface area contributed by atoms with Gasteiger partial charge in [0.1, 0.15) is 5.75 Å². The van der Waals surface area contributed by atoms with Crippen LogP contribution in [0, 0.1) is 6.92 Å². The van der Waals surface area contributed by atoms with E-state index >= 15 is 0 Å². The summed E-state index contributed by atoms with van der Waals surface area (Å²) in [4.78, 5) is 13.4. The smallest absolute Gasteiger partial charge is 0.175 e. The molecule has 1 atom stereocenters. The van der Waals surface area contributed by atoms with Crippen molar-refractivity contribution >= 4 is 17.5 Å². The van der Waals surface area contributed by atoms with E-state index in [1.807, 2.05) is 62.4 Å². The first kappa shape index (κ1) is 14.7. The molecule has 0 aromatic heterocycles. The van der Waals surface area contributed by atoms with Gasteiger partial charge in [0.25, 0.3) is 0 Å². The minimum absolute atomic E-state index is 0.105. The van der Waals surface area contributed by atoms with E-state index in [2.05, 4.69) is 0 Å². The number of rotatable bonds is 5. The minimum atomic E-state index is -0.105. The second-order valence-corrected chi connectivity index (χ2v) is 6.08. The molecule has 0 N–H and O–H groups in total. The largest absolute Gasteiger partial charge is 0.497 e. The fourth-order valence-electron chi connectivity index (χ4n) is 1.86.